The summed E-state index contributed by atoms with van der Waals surface area (Å²) in [5, 5.41) is 19.3. The van der Waals surface area contributed by atoms with Gasteiger partial charge in [-0.25, -0.2) is 4.98 Å². The van der Waals surface area contributed by atoms with Crippen molar-refractivity contribution in [1.82, 2.24) is 4.98 Å². The van der Waals surface area contributed by atoms with Crippen LogP contribution in [0.2, 0.25) is 0 Å². The van der Waals surface area contributed by atoms with Gasteiger partial charge in [-0.3, -0.25) is 0 Å². The summed E-state index contributed by atoms with van der Waals surface area (Å²) in [4.78, 5) is 6.83. The highest BCUT2D eigenvalue weighted by molar-refractivity contribution is 5.44. The SMILES string of the molecule is C[C@H](O)c1ccc(N2C3CCC2CC(O)C3)nc1. The second-order valence-electron chi connectivity index (χ2n) is 5.54. The molecule has 2 fully saturated rings. The Morgan fingerprint density at radius 3 is 2.44 bits per heavy atom. The summed E-state index contributed by atoms with van der Waals surface area (Å²) >= 11 is 0. The van der Waals surface area contributed by atoms with E-state index in [1.165, 1.54) is 0 Å². The highest BCUT2D eigenvalue weighted by atomic mass is 16.3. The number of aliphatic hydroxyl groups excluding tert-OH is 2. The molecule has 2 bridgehead atoms. The van der Waals surface area contributed by atoms with Crippen LogP contribution in [0.15, 0.2) is 18.3 Å². The Kier molecular flexibility index (Phi) is 2.99. The molecule has 98 valence electrons. The minimum Gasteiger partial charge on any atom is -0.393 e. The fourth-order valence-electron chi connectivity index (χ4n) is 3.32. The van der Waals surface area contributed by atoms with E-state index in [1.807, 2.05) is 12.1 Å². The van der Waals surface area contributed by atoms with Gasteiger partial charge >= 0.3 is 0 Å². The van der Waals surface area contributed by atoms with Gasteiger partial charge in [-0.2, -0.15) is 0 Å². The van der Waals surface area contributed by atoms with Crippen LogP contribution in [-0.2, 0) is 0 Å². The van der Waals surface area contributed by atoms with Gasteiger partial charge in [-0.1, -0.05) is 6.07 Å². The number of aromatic nitrogens is 1. The third-order valence-corrected chi connectivity index (χ3v) is 4.23. The first-order valence-corrected chi connectivity index (χ1v) is 6.75. The number of rotatable bonds is 2. The molecule has 3 atom stereocenters. The van der Waals surface area contributed by atoms with Crippen molar-refractivity contribution in [2.24, 2.45) is 0 Å². The molecular weight excluding hydrogens is 228 g/mol. The van der Waals surface area contributed by atoms with Crippen LogP contribution < -0.4 is 4.90 Å². The molecule has 3 heterocycles. The van der Waals surface area contributed by atoms with Crippen molar-refractivity contribution in [2.45, 2.75) is 56.9 Å². The summed E-state index contributed by atoms with van der Waals surface area (Å²) < 4.78 is 0. The van der Waals surface area contributed by atoms with Gasteiger partial charge in [0.05, 0.1) is 12.2 Å². The lowest BCUT2D eigenvalue weighted by Gasteiger charge is -2.38. The maximum Gasteiger partial charge on any atom is 0.128 e. The number of piperidine rings is 1. The van der Waals surface area contributed by atoms with E-state index >= 15 is 0 Å². The Hall–Kier alpha value is -1.13. The van der Waals surface area contributed by atoms with Crippen molar-refractivity contribution in [2.75, 3.05) is 4.90 Å². The molecule has 4 heteroatoms. The summed E-state index contributed by atoms with van der Waals surface area (Å²) in [5.74, 6) is 0.985. The van der Waals surface area contributed by atoms with E-state index < -0.39 is 6.10 Å². The molecule has 2 saturated heterocycles. The van der Waals surface area contributed by atoms with Gasteiger partial charge in [0.1, 0.15) is 5.82 Å². The first-order valence-electron chi connectivity index (χ1n) is 6.75. The molecule has 2 aliphatic heterocycles. The molecule has 4 nitrogen and oxygen atoms in total. The average Bonchev–Trinajstić information content (AvgIpc) is 2.62. The van der Waals surface area contributed by atoms with Gasteiger partial charge in [0, 0.05) is 18.3 Å². The van der Waals surface area contributed by atoms with Crippen LogP contribution in [0.25, 0.3) is 0 Å². The van der Waals surface area contributed by atoms with Crippen molar-refractivity contribution >= 4 is 5.82 Å². The number of hydrogen-bond acceptors (Lipinski definition) is 4. The topological polar surface area (TPSA) is 56.6 Å². The minimum atomic E-state index is -0.466. The van der Waals surface area contributed by atoms with Crippen molar-refractivity contribution in [3.8, 4) is 0 Å². The van der Waals surface area contributed by atoms with Crippen LogP contribution in [0, 0.1) is 0 Å². The first-order chi connectivity index (χ1) is 8.65. The van der Waals surface area contributed by atoms with Gasteiger partial charge in [0.2, 0.25) is 0 Å². The number of fused-ring (bicyclic) bond motifs is 2. The lowest BCUT2D eigenvalue weighted by atomic mass is 10.00. The van der Waals surface area contributed by atoms with E-state index in [0.717, 1.165) is 37.1 Å². The third kappa shape index (κ3) is 1.99. The molecular formula is C14H20N2O2. The Morgan fingerprint density at radius 1 is 1.28 bits per heavy atom. The second kappa shape index (κ2) is 4.52. The average molecular weight is 248 g/mol. The fourth-order valence-corrected chi connectivity index (χ4v) is 3.32. The molecule has 3 rings (SSSR count). The molecule has 0 saturated carbocycles. The molecule has 1 aromatic rings. The number of anilines is 1. The number of pyridine rings is 1. The van der Waals surface area contributed by atoms with Crippen molar-refractivity contribution in [3.05, 3.63) is 23.9 Å². The van der Waals surface area contributed by atoms with E-state index in [4.69, 9.17) is 0 Å². The Labute approximate surface area is 107 Å². The van der Waals surface area contributed by atoms with Gasteiger partial charge < -0.3 is 15.1 Å². The van der Waals surface area contributed by atoms with Gasteiger partial charge in [0.25, 0.3) is 0 Å². The Morgan fingerprint density at radius 2 is 1.94 bits per heavy atom. The lowest BCUT2D eigenvalue weighted by Crippen LogP contribution is -2.45. The standard InChI is InChI=1S/C14H20N2O2/c1-9(17)10-2-5-14(15-8-10)16-11-3-4-12(16)7-13(18)6-11/h2,5,8-9,11-13,17-18H,3-4,6-7H2,1H3/t9-,11?,12?,13?/m0/s1. The van der Waals surface area contributed by atoms with Gasteiger partial charge in [-0.15, -0.1) is 0 Å². The van der Waals surface area contributed by atoms with Gasteiger partial charge in [-0.05, 0) is 44.2 Å². The summed E-state index contributed by atoms with van der Waals surface area (Å²) in [7, 11) is 0. The molecule has 18 heavy (non-hydrogen) atoms. The summed E-state index contributed by atoms with van der Waals surface area (Å²) in [6.45, 7) is 1.75. The van der Waals surface area contributed by atoms with Crippen molar-refractivity contribution in [3.63, 3.8) is 0 Å². The quantitative estimate of drug-likeness (QED) is 0.835. The van der Waals surface area contributed by atoms with Crippen LogP contribution in [0.4, 0.5) is 5.82 Å². The zero-order valence-electron chi connectivity index (χ0n) is 10.7. The van der Waals surface area contributed by atoms with E-state index in [2.05, 4.69) is 9.88 Å². The molecule has 2 aliphatic rings. The largest absolute Gasteiger partial charge is 0.393 e. The van der Waals surface area contributed by atoms with Crippen LogP contribution in [0.5, 0.6) is 0 Å². The Bertz CT molecular complexity index is 404. The van der Waals surface area contributed by atoms with E-state index in [0.29, 0.717) is 12.1 Å². The molecule has 0 aliphatic carbocycles. The highest BCUT2D eigenvalue weighted by Crippen LogP contribution is 2.38. The summed E-state index contributed by atoms with van der Waals surface area (Å²) in [5.41, 5.74) is 0.850. The maximum atomic E-state index is 9.79. The predicted molar refractivity (Wildman–Crippen MR) is 69.4 cm³/mol. The molecule has 1 aromatic heterocycles. The molecule has 0 aromatic carbocycles. The van der Waals surface area contributed by atoms with E-state index in [-0.39, 0.29) is 6.10 Å². The lowest BCUT2D eigenvalue weighted by molar-refractivity contribution is 0.126. The normalized spacial score (nSPS) is 32.6. The van der Waals surface area contributed by atoms with Crippen molar-refractivity contribution in [1.29, 1.82) is 0 Å². The number of aliphatic hydroxyl groups is 2. The highest BCUT2D eigenvalue weighted by Gasteiger charge is 2.40. The molecule has 0 radical (unpaired) electrons. The number of hydrogen-bond donors (Lipinski definition) is 2. The summed E-state index contributed by atoms with van der Waals surface area (Å²) in [6.07, 6.45) is 5.17. The maximum absolute atomic E-state index is 9.79. The smallest absolute Gasteiger partial charge is 0.128 e. The minimum absolute atomic E-state index is 0.143. The first kappa shape index (κ1) is 11.9. The fraction of sp³-hybridized carbons (Fsp3) is 0.643. The predicted octanol–water partition coefficient (Wildman–Crippen LogP) is 1.63. The van der Waals surface area contributed by atoms with E-state index in [1.54, 1.807) is 13.1 Å². The Balaban J connectivity index is 1.83. The van der Waals surface area contributed by atoms with Crippen LogP contribution in [-0.4, -0.2) is 33.4 Å². The second-order valence-corrected chi connectivity index (χ2v) is 5.54. The van der Waals surface area contributed by atoms with Crippen molar-refractivity contribution < 1.29 is 10.2 Å². The molecule has 0 amide bonds. The third-order valence-electron chi connectivity index (χ3n) is 4.23. The van der Waals surface area contributed by atoms with Crippen LogP contribution in [0.3, 0.4) is 0 Å². The zero-order chi connectivity index (χ0) is 12.7. The van der Waals surface area contributed by atoms with Crippen LogP contribution >= 0.6 is 0 Å². The van der Waals surface area contributed by atoms with Gasteiger partial charge in [0.15, 0.2) is 0 Å². The molecule has 0 spiro atoms. The molecule has 2 N–H and O–H groups in total. The zero-order valence-corrected chi connectivity index (χ0v) is 10.7. The monoisotopic (exact) mass is 248 g/mol. The molecule has 2 unspecified atom stereocenters. The number of nitrogens with zero attached hydrogens (tertiary/aromatic N) is 2. The van der Waals surface area contributed by atoms with Crippen LogP contribution in [0.1, 0.15) is 44.3 Å². The summed E-state index contributed by atoms with van der Waals surface area (Å²) in [6, 6.07) is 4.80. The van der Waals surface area contributed by atoms with E-state index in [9.17, 15) is 10.2 Å².